The highest BCUT2D eigenvalue weighted by molar-refractivity contribution is 5.98. The lowest BCUT2D eigenvalue weighted by molar-refractivity contribution is 0.0745. The third kappa shape index (κ3) is 3.19. The number of pyridine rings is 2. The summed E-state index contributed by atoms with van der Waals surface area (Å²) in [5.41, 5.74) is 1.14. The molecule has 0 atom stereocenters. The maximum atomic E-state index is 12.5. The van der Waals surface area contributed by atoms with Crippen molar-refractivity contribution in [2.45, 2.75) is 0 Å². The fourth-order valence-corrected chi connectivity index (χ4v) is 2.75. The van der Waals surface area contributed by atoms with Crippen molar-refractivity contribution in [3.05, 3.63) is 54.0 Å². The van der Waals surface area contributed by atoms with E-state index < -0.39 is 0 Å². The molecule has 7 heteroatoms. The lowest BCUT2D eigenvalue weighted by atomic mass is 10.2. The van der Waals surface area contributed by atoms with E-state index >= 15 is 0 Å². The molecular weight excluding hydrogens is 306 g/mol. The van der Waals surface area contributed by atoms with Crippen molar-refractivity contribution < 1.29 is 9.59 Å². The lowest BCUT2D eigenvalue weighted by Crippen LogP contribution is -2.49. The van der Waals surface area contributed by atoms with Gasteiger partial charge in [0.2, 0.25) is 0 Å². The second-order valence-corrected chi connectivity index (χ2v) is 5.47. The van der Waals surface area contributed by atoms with Crippen molar-refractivity contribution in [1.29, 1.82) is 0 Å². The van der Waals surface area contributed by atoms with E-state index in [0.717, 1.165) is 0 Å². The third-order valence-corrected chi connectivity index (χ3v) is 4.03. The average molecular weight is 325 g/mol. The summed E-state index contributed by atoms with van der Waals surface area (Å²) in [6, 6.07) is 7.03. The van der Waals surface area contributed by atoms with Gasteiger partial charge in [-0.2, -0.15) is 0 Å². The van der Waals surface area contributed by atoms with Gasteiger partial charge < -0.3 is 15.1 Å². The molecule has 0 unspecified atom stereocenters. The van der Waals surface area contributed by atoms with Crippen LogP contribution in [0.5, 0.6) is 0 Å². The number of nitrogens with one attached hydrogen (secondary N) is 1. The highest BCUT2D eigenvalue weighted by Crippen LogP contribution is 2.19. The smallest absolute Gasteiger partial charge is 0.255 e. The first-order valence-corrected chi connectivity index (χ1v) is 7.82. The molecule has 0 aromatic carbocycles. The third-order valence-electron chi connectivity index (χ3n) is 4.03. The summed E-state index contributed by atoms with van der Waals surface area (Å²) in [6.07, 6.45) is 4.90. The fraction of sp³-hybridized carbons (Fsp3) is 0.294. The minimum Gasteiger partial charge on any atom is -0.355 e. The molecule has 0 spiro atoms. The molecule has 7 nitrogen and oxygen atoms in total. The molecule has 3 rings (SSSR count). The first-order chi connectivity index (χ1) is 11.7. The highest BCUT2D eigenvalue weighted by atomic mass is 16.2. The Labute approximate surface area is 140 Å². The topological polar surface area (TPSA) is 78.4 Å². The fourth-order valence-electron chi connectivity index (χ4n) is 2.75. The quantitative estimate of drug-likeness (QED) is 0.903. The van der Waals surface area contributed by atoms with Gasteiger partial charge in [0.1, 0.15) is 5.82 Å². The Kier molecular flexibility index (Phi) is 4.69. The summed E-state index contributed by atoms with van der Waals surface area (Å²) in [5, 5.41) is 2.63. The van der Waals surface area contributed by atoms with Crippen molar-refractivity contribution in [1.82, 2.24) is 20.2 Å². The molecule has 1 saturated heterocycles. The lowest BCUT2D eigenvalue weighted by Gasteiger charge is -2.36. The van der Waals surface area contributed by atoms with Gasteiger partial charge in [0.05, 0.1) is 11.1 Å². The second kappa shape index (κ2) is 7.08. The van der Waals surface area contributed by atoms with E-state index in [4.69, 9.17) is 0 Å². The Morgan fingerprint density at radius 2 is 1.83 bits per heavy atom. The molecule has 0 aliphatic carbocycles. The second-order valence-electron chi connectivity index (χ2n) is 5.47. The molecule has 0 bridgehead atoms. The van der Waals surface area contributed by atoms with Gasteiger partial charge in [-0.1, -0.05) is 0 Å². The molecule has 2 aromatic rings. The number of anilines is 1. The minimum absolute atomic E-state index is 0.0182. The molecule has 2 amide bonds. The van der Waals surface area contributed by atoms with Gasteiger partial charge in [-0.3, -0.25) is 14.6 Å². The molecule has 0 saturated carbocycles. The summed E-state index contributed by atoms with van der Waals surface area (Å²) in [5.74, 6) is 0.479. The van der Waals surface area contributed by atoms with Crippen LogP contribution in [-0.4, -0.2) is 59.9 Å². The van der Waals surface area contributed by atoms with Crippen molar-refractivity contribution in [3.8, 4) is 0 Å². The van der Waals surface area contributed by atoms with E-state index in [1.807, 2.05) is 4.90 Å². The average Bonchev–Trinajstić information content (AvgIpc) is 2.67. The van der Waals surface area contributed by atoms with Crippen LogP contribution in [0.15, 0.2) is 42.9 Å². The van der Waals surface area contributed by atoms with Crippen molar-refractivity contribution >= 4 is 17.6 Å². The van der Waals surface area contributed by atoms with E-state index in [1.165, 1.54) is 0 Å². The van der Waals surface area contributed by atoms with Crippen LogP contribution >= 0.6 is 0 Å². The highest BCUT2D eigenvalue weighted by Gasteiger charge is 2.25. The summed E-state index contributed by atoms with van der Waals surface area (Å²) >= 11 is 0. The van der Waals surface area contributed by atoms with E-state index in [-0.39, 0.29) is 11.8 Å². The number of nitrogens with zero attached hydrogens (tertiary/aromatic N) is 4. The Hall–Kier alpha value is -2.96. The predicted octanol–water partition coefficient (Wildman–Crippen LogP) is 0.799. The van der Waals surface area contributed by atoms with E-state index in [2.05, 4.69) is 15.3 Å². The maximum Gasteiger partial charge on any atom is 0.255 e. The van der Waals surface area contributed by atoms with Crippen LogP contribution in [0.2, 0.25) is 0 Å². The van der Waals surface area contributed by atoms with Crippen molar-refractivity contribution in [2.75, 3.05) is 38.1 Å². The van der Waals surface area contributed by atoms with Crippen molar-refractivity contribution in [3.63, 3.8) is 0 Å². The van der Waals surface area contributed by atoms with Gasteiger partial charge >= 0.3 is 0 Å². The summed E-state index contributed by atoms with van der Waals surface area (Å²) in [7, 11) is 1.60. The van der Waals surface area contributed by atoms with Gasteiger partial charge in [0.15, 0.2) is 0 Å². The molecule has 2 aromatic heterocycles. The van der Waals surface area contributed by atoms with Gasteiger partial charge in [-0.05, 0) is 24.3 Å². The minimum atomic E-state index is -0.160. The number of amides is 2. The summed E-state index contributed by atoms with van der Waals surface area (Å²) in [4.78, 5) is 36.6. The molecule has 24 heavy (non-hydrogen) atoms. The molecule has 124 valence electrons. The zero-order valence-corrected chi connectivity index (χ0v) is 13.5. The Morgan fingerprint density at radius 3 is 2.50 bits per heavy atom. The van der Waals surface area contributed by atoms with Gasteiger partial charge in [-0.15, -0.1) is 0 Å². The zero-order valence-electron chi connectivity index (χ0n) is 13.5. The summed E-state index contributed by atoms with van der Waals surface area (Å²) in [6.45, 7) is 2.43. The normalized spacial score (nSPS) is 14.4. The van der Waals surface area contributed by atoms with E-state index in [9.17, 15) is 9.59 Å². The Balaban J connectivity index is 1.70. The van der Waals surface area contributed by atoms with Crippen LogP contribution in [0.1, 0.15) is 20.7 Å². The van der Waals surface area contributed by atoms with Crippen LogP contribution in [0.3, 0.4) is 0 Å². The Bertz CT molecular complexity index is 727. The number of piperazine rings is 1. The molecule has 3 heterocycles. The summed E-state index contributed by atoms with van der Waals surface area (Å²) < 4.78 is 0. The zero-order chi connectivity index (χ0) is 16.9. The van der Waals surface area contributed by atoms with Crippen LogP contribution in [0, 0.1) is 0 Å². The first kappa shape index (κ1) is 15.9. The predicted molar refractivity (Wildman–Crippen MR) is 90.0 cm³/mol. The van der Waals surface area contributed by atoms with Crippen LogP contribution in [0.4, 0.5) is 5.82 Å². The van der Waals surface area contributed by atoms with Gasteiger partial charge in [0, 0.05) is 51.8 Å². The molecular formula is C17H19N5O2. The molecule has 0 radical (unpaired) electrons. The largest absolute Gasteiger partial charge is 0.355 e. The Morgan fingerprint density at radius 1 is 1.08 bits per heavy atom. The number of hydrogen-bond donors (Lipinski definition) is 1. The first-order valence-electron chi connectivity index (χ1n) is 7.82. The van der Waals surface area contributed by atoms with Crippen molar-refractivity contribution in [2.24, 2.45) is 0 Å². The number of aromatic nitrogens is 2. The number of carbonyl (C=O) groups is 2. The standard InChI is InChI=1S/C17H19N5O2/c1-18-16(23)14-5-3-7-20-15(14)21-8-10-22(11-9-21)17(24)13-4-2-6-19-12-13/h2-7,12H,8-11H2,1H3,(H,18,23). The SMILES string of the molecule is CNC(=O)c1cccnc1N1CCN(C(=O)c2cccnc2)CC1. The van der Waals surface area contributed by atoms with Crippen LogP contribution in [0.25, 0.3) is 0 Å². The van der Waals surface area contributed by atoms with Crippen LogP contribution in [-0.2, 0) is 0 Å². The van der Waals surface area contributed by atoms with Gasteiger partial charge in [0.25, 0.3) is 11.8 Å². The molecule has 1 aliphatic heterocycles. The van der Waals surface area contributed by atoms with E-state index in [0.29, 0.717) is 43.1 Å². The molecule has 1 N–H and O–H groups in total. The van der Waals surface area contributed by atoms with Crippen LogP contribution < -0.4 is 10.2 Å². The van der Waals surface area contributed by atoms with Gasteiger partial charge in [-0.25, -0.2) is 4.98 Å². The maximum absolute atomic E-state index is 12.5. The number of hydrogen-bond acceptors (Lipinski definition) is 5. The monoisotopic (exact) mass is 325 g/mol. The number of rotatable bonds is 3. The molecule has 1 fully saturated rings. The number of carbonyl (C=O) groups excluding carboxylic acids is 2. The molecule has 1 aliphatic rings. The van der Waals surface area contributed by atoms with E-state index in [1.54, 1.807) is 54.8 Å².